The number of aryl methyl sites for hydroxylation is 1. The Kier molecular flexibility index (Phi) is 4.54. The average molecular weight is 263 g/mol. The first kappa shape index (κ1) is 14.3. The van der Waals surface area contributed by atoms with Crippen molar-refractivity contribution in [2.45, 2.75) is 6.43 Å². The highest BCUT2D eigenvalue weighted by atomic mass is 19.3. The van der Waals surface area contributed by atoms with Crippen molar-refractivity contribution in [2.24, 2.45) is 19.8 Å². The van der Waals surface area contributed by atoms with E-state index in [1.807, 2.05) is 0 Å². The lowest BCUT2D eigenvalue weighted by Crippen LogP contribution is -2.45. The van der Waals surface area contributed by atoms with Crippen molar-refractivity contribution in [3.05, 3.63) is 20.8 Å². The van der Waals surface area contributed by atoms with Crippen LogP contribution in [0.4, 0.5) is 14.6 Å². The molecule has 2 N–H and O–H groups in total. The molecule has 0 unspecified atom stereocenters. The summed E-state index contributed by atoms with van der Waals surface area (Å²) in [5, 5.41) is 3.71. The molecule has 0 spiro atoms. The van der Waals surface area contributed by atoms with Crippen LogP contribution >= 0.6 is 0 Å². The Morgan fingerprint density at radius 2 is 2.00 bits per heavy atom. The normalized spacial score (nSPS) is 11.0. The van der Waals surface area contributed by atoms with Gasteiger partial charge < -0.3 is 10.6 Å². The Morgan fingerprint density at radius 3 is 2.50 bits per heavy atom. The average Bonchev–Trinajstić information content (AvgIpc) is 2.30. The summed E-state index contributed by atoms with van der Waals surface area (Å²) < 4.78 is 26.6. The predicted octanol–water partition coefficient (Wildman–Crippen LogP) is -1.49. The molecule has 0 saturated heterocycles. The zero-order chi connectivity index (χ0) is 13.9. The Hall–Kier alpha value is -1.77. The maximum Gasteiger partial charge on any atom is 0.346 e. The fraction of sp³-hybridized carbons (Fsp3) is 0.667. The zero-order valence-corrected chi connectivity index (χ0v) is 10.1. The molecule has 1 rings (SSSR count). The molecular weight excluding hydrogens is 248 g/mol. The standard InChI is InChI=1S/C9H15F2N5O2/c1-14-8(17)7(13-15(2)9(14)18)16(4-3-12)5-6(10)11/h6H,3-5,12H2,1-2H3. The van der Waals surface area contributed by atoms with Crippen LogP contribution in [0, 0.1) is 0 Å². The lowest BCUT2D eigenvalue weighted by molar-refractivity contribution is 0.154. The minimum Gasteiger partial charge on any atom is -0.344 e. The van der Waals surface area contributed by atoms with Gasteiger partial charge in [0.1, 0.15) is 0 Å². The van der Waals surface area contributed by atoms with Gasteiger partial charge in [0.05, 0.1) is 6.54 Å². The third-order valence-electron chi connectivity index (χ3n) is 2.36. The number of alkyl halides is 2. The van der Waals surface area contributed by atoms with Crippen LogP contribution in [0.5, 0.6) is 0 Å². The van der Waals surface area contributed by atoms with Gasteiger partial charge in [0.2, 0.25) is 5.82 Å². The molecule has 9 heteroatoms. The third kappa shape index (κ3) is 2.92. The first-order valence-electron chi connectivity index (χ1n) is 5.26. The highest BCUT2D eigenvalue weighted by Crippen LogP contribution is 2.05. The van der Waals surface area contributed by atoms with Crippen LogP contribution in [0.2, 0.25) is 0 Å². The van der Waals surface area contributed by atoms with Crippen molar-refractivity contribution in [2.75, 3.05) is 24.5 Å². The largest absolute Gasteiger partial charge is 0.346 e. The summed E-state index contributed by atoms with van der Waals surface area (Å²) in [5.74, 6) is -0.203. The van der Waals surface area contributed by atoms with Gasteiger partial charge in [0, 0.05) is 27.2 Å². The number of nitrogens with two attached hydrogens (primary N) is 1. The fourth-order valence-electron chi connectivity index (χ4n) is 1.49. The third-order valence-corrected chi connectivity index (χ3v) is 2.36. The van der Waals surface area contributed by atoms with Crippen LogP contribution < -0.4 is 21.9 Å². The second-order valence-corrected chi connectivity index (χ2v) is 3.72. The van der Waals surface area contributed by atoms with Crippen molar-refractivity contribution in [3.8, 4) is 0 Å². The molecule has 0 aromatic carbocycles. The maximum absolute atomic E-state index is 12.4. The second kappa shape index (κ2) is 5.71. The molecule has 0 radical (unpaired) electrons. The van der Waals surface area contributed by atoms with Crippen molar-refractivity contribution < 1.29 is 8.78 Å². The van der Waals surface area contributed by atoms with E-state index >= 15 is 0 Å². The van der Waals surface area contributed by atoms with Crippen LogP contribution in [0.3, 0.4) is 0 Å². The van der Waals surface area contributed by atoms with Crippen LogP contribution in [-0.2, 0) is 14.1 Å². The summed E-state index contributed by atoms with van der Waals surface area (Å²) >= 11 is 0. The molecule has 1 aromatic heterocycles. The number of halogens is 2. The van der Waals surface area contributed by atoms with E-state index in [0.717, 1.165) is 14.1 Å². The van der Waals surface area contributed by atoms with Crippen molar-refractivity contribution in [1.29, 1.82) is 0 Å². The van der Waals surface area contributed by atoms with Crippen LogP contribution in [0.1, 0.15) is 0 Å². The van der Waals surface area contributed by atoms with E-state index < -0.39 is 24.2 Å². The molecule has 7 nitrogen and oxygen atoms in total. The van der Waals surface area contributed by atoms with Gasteiger partial charge in [-0.3, -0.25) is 9.36 Å². The fourth-order valence-corrected chi connectivity index (χ4v) is 1.49. The van der Waals surface area contributed by atoms with E-state index in [1.54, 1.807) is 0 Å². The number of anilines is 1. The molecule has 102 valence electrons. The molecule has 0 aliphatic rings. The summed E-state index contributed by atoms with van der Waals surface area (Å²) in [6.07, 6.45) is -2.62. The quantitative estimate of drug-likeness (QED) is 0.699. The van der Waals surface area contributed by atoms with Gasteiger partial charge in [-0.25, -0.2) is 18.3 Å². The number of rotatable bonds is 5. The Balaban J connectivity index is 3.28. The minimum atomic E-state index is -2.62. The summed E-state index contributed by atoms with van der Waals surface area (Å²) in [6.45, 7) is -0.497. The highest BCUT2D eigenvalue weighted by molar-refractivity contribution is 5.34. The SMILES string of the molecule is Cn1nc(N(CCN)CC(F)F)c(=O)n(C)c1=O. The summed E-state index contributed by atoms with van der Waals surface area (Å²) in [4.78, 5) is 24.3. The van der Waals surface area contributed by atoms with Gasteiger partial charge in [-0.1, -0.05) is 0 Å². The van der Waals surface area contributed by atoms with Gasteiger partial charge in [-0.15, -0.1) is 5.10 Å². The molecule has 18 heavy (non-hydrogen) atoms. The molecule has 0 bridgehead atoms. The second-order valence-electron chi connectivity index (χ2n) is 3.72. The molecule has 0 fully saturated rings. The molecule has 1 heterocycles. The summed E-state index contributed by atoms with van der Waals surface area (Å²) in [6, 6.07) is 0. The Bertz CT molecular complexity index is 525. The maximum atomic E-state index is 12.4. The van der Waals surface area contributed by atoms with E-state index in [-0.39, 0.29) is 18.9 Å². The zero-order valence-electron chi connectivity index (χ0n) is 10.1. The molecule has 0 aliphatic carbocycles. The monoisotopic (exact) mass is 263 g/mol. The molecule has 0 saturated carbocycles. The molecule has 0 aliphatic heterocycles. The van der Waals surface area contributed by atoms with E-state index in [0.29, 0.717) is 0 Å². The first-order chi connectivity index (χ1) is 8.38. The first-order valence-corrected chi connectivity index (χ1v) is 5.26. The number of aromatic nitrogens is 3. The van der Waals surface area contributed by atoms with Crippen molar-refractivity contribution >= 4 is 5.82 Å². The number of hydrogen-bond acceptors (Lipinski definition) is 5. The molecule has 0 amide bonds. The Labute approximate surface area is 101 Å². The minimum absolute atomic E-state index is 0.0603. The lowest BCUT2D eigenvalue weighted by Gasteiger charge is -2.22. The van der Waals surface area contributed by atoms with Gasteiger partial charge in [0.25, 0.3) is 12.0 Å². The topological polar surface area (TPSA) is 86.2 Å². The lowest BCUT2D eigenvalue weighted by atomic mass is 10.4. The van der Waals surface area contributed by atoms with E-state index in [9.17, 15) is 18.4 Å². The van der Waals surface area contributed by atoms with Gasteiger partial charge in [0.15, 0.2) is 0 Å². The number of nitrogens with zero attached hydrogens (tertiary/aromatic N) is 4. The van der Waals surface area contributed by atoms with Gasteiger partial charge in [-0.05, 0) is 0 Å². The predicted molar refractivity (Wildman–Crippen MR) is 62.0 cm³/mol. The summed E-state index contributed by atoms with van der Waals surface area (Å²) in [7, 11) is 2.60. The van der Waals surface area contributed by atoms with E-state index in [1.165, 1.54) is 14.1 Å². The van der Waals surface area contributed by atoms with Gasteiger partial charge in [-0.2, -0.15) is 0 Å². The van der Waals surface area contributed by atoms with Gasteiger partial charge >= 0.3 is 5.69 Å². The molecule has 0 atom stereocenters. The smallest absolute Gasteiger partial charge is 0.344 e. The van der Waals surface area contributed by atoms with Crippen molar-refractivity contribution in [3.63, 3.8) is 0 Å². The summed E-state index contributed by atoms with van der Waals surface area (Å²) in [5.41, 5.74) is 3.97. The van der Waals surface area contributed by atoms with E-state index in [4.69, 9.17) is 5.73 Å². The van der Waals surface area contributed by atoms with Crippen LogP contribution in [-0.4, -0.2) is 40.4 Å². The Morgan fingerprint density at radius 1 is 1.39 bits per heavy atom. The van der Waals surface area contributed by atoms with Crippen LogP contribution in [0.25, 0.3) is 0 Å². The highest BCUT2D eigenvalue weighted by Gasteiger charge is 2.19. The molecule has 1 aromatic rings. The number of hydrogen-bond donors (Lipinski definition) is 1. The molecular formula is C9H15F2N5O2. The van der Waals surface area contributed by atoms with Crippen molar-refractivity contribution in [1.82, 2.24) is 14.3 Å². The van der Waals surface area contributed by atoms with Crippen LogP contribution in [0.15, 0.2) is 9.59 Å². The van der Waals surface area contributed by atoms with E-state index in [2.05, 4.69) is 5.10 Å².